The first-order valence-electron chi connectivity index (χ1n) is 10.3. The van der Waals surface area contributed by atoms with Crippen LogP contribution in [0.1, 0.15) is 65.4 Å². The van der Waals surface area contributed by atoms with Gasteiger partial charge >= 0.3 is 0 Å². The zero-order chi connectivity index (χ0) is 20.1. The van der Waals surface area contributed by atoms with Gasteiger partial charge in [0.2, 0.25) is 0 Å². The van der Waals surface area contributed by atoms with Crippen molar-refractivity contribution in [3.8, 4) is 0 Å². The molecule has 1 aliphatic carbocycles. The fourth-order valence-electron chi connectivity index (χ4n) is 4.78. The molecule has 0 amide bonds. The Bertz CT molecular complexity index is 1270. The van der Waals surface area contributed by atoms with E-state index in [1.807, 2.05) is 0 Å². The number of hydrogen-bond acceptors (Lipinski definition) is 2. The third-order valence-electron chi connectivity index (χ3n) is 7.13. The standard InChI is InChI=1S/C25H29N3/c1-23(2,3)22-27-18-11-9-8-10-16(18)21-26-19-12-15-14-24(4,5)25(6,7)17(15)13-20(19)28(21)22/h8-13H,14H2,1-7H3. The van der Waals surface area contributed by atoms with Crippen molar-refractivity contribution in [3.63, 3.8) is 0 Å². The maximum Gasteiger partial charge on any atom is 0.148 e. The molecule has 0 fully saturated rings. The highest BCUT2D eigenvalue weighted by Crippen LogP contribution is 2.52. The van der Waals surface area contributed by atoms with Crippen molar-refractivity contribution in [3.05, 3.63) is 53.3 Å². The Kier molecular flexibility index (Phi) is 3.24. The van der Waals surface area contributed by atoms with Crippen LogP contribution >= 0.6 is 0 Å². The predicted molar refractivity (Wildman–Crippen MR) is 117 cm³/mol. The van der Waals surface area contributed by atoms with Crippen LogP contribution in [0.5, 0.6) is 0 Å². The largest absolute Gasteiger partial charge is 0.279 e. The highest BCUT2D eigenvalue weighted by Gasteiger charge is 2.45. The smallest absolute Gasteiger partial charge is 0.148 e. The summed E-state index contributed by atoms with van der Waals surface area (Å²) in [5.41, 5.74) is 7.50. The van der Waals surface area contributed by atoms with Crippen LogP contribution in [0.3, 0.4) is 0 Å². The molecule has 5 rings (SSSR count). The van der Waals surface area contributed by atoms with Crippen molar-refractivity contribution < 1.29 is 0 Å². The molecule has 3 nitrogen and oxygen atoms in total. The number of para-hydroxylation sites is 1. The molecule has 0 atom stereocenters. The third kappa shape index (κ3) is 2.16. The summed E-state index contributed by atoms with van der Waals surface area (Å²) in [5.74, 6) is 1.07. The number of imidazole rings is 1. The molecular formula is C25H29N3. The van der Waals surface area contributed by atoms with Crippen molar-refractivity contribution in [2.45, 2.75) is 65.7 Å². The number of nitrogens with zero attached hydrogens (tertiary/aromatic N) is 3. The number of rotatable bonds is 0. The van der Waals surface area contributed by atoms with Crippen LogP contribution in [0.25, 0.3) is 27.6 Å². The summed E-state index contributed by atoms with van der Waals surface area (Å²) in [5, 5.41) is 1.12. The highest BCUT2D eigenvalue weighted by atomic mass is 15.1. The van der Waals surface area contributed by atoms with Gasteiger partial charge in [-0.3, -0.25) is 4.40 Å². The van der Waals surface area contributed by atoms with E-state index in [9.17, 15) is 0 Å². The minimum absolute atomic E-state index is 0.0796. The fourth-order valence-corrected chi connectivity index (χ4v) is 4.78. The summed E-state index contributed by atoms with van der Waals surface area (Å²) in [6.07, 6.45) is 1.10. The van der Waals surface area contributed by atoms with E-state index in [1.165, 1.54) is 16.6 Å². The van der Waals surface area contributed by atoms with E-state index in [0.29, 0.717) is 0 Å². The lowest BCUT2D eigenvalue weighted by molar-refractivity contribution is 0.225. The molecule has 0 spiro atoms. The molecule has 1 aliphatic rings. The van der Waals surface area contributed by atoms with Crippen molar-refractivity contribution in [2.24, 2.45) is 5.41 Å². The van der Waals surface area contributed by atoms with Gasteiger partial charge in [-0.1, -0.05) is 60.6 Å². The molecule has 2 aromatic heterocycles. The quantitative estimate of drug-likeness (QED) is 0.369. The summed E-state index contributed by atoms with van der Waals surface area (Å²) in [6.45, 7) is 16.2. The normalized spacial score (nSPS) is 18.2. The van der Waals surface area contributed by atoms with E-state index in [2.05, 4.69) is 89.3 Å². The molecule has 0 saturated carbocycles. The Hall–Kier alpha value is -2.42. The Balaban J connectivity index is 1.97. The first-order valence-corrected chi connectivity index (χ1v) is 10.3. The zero-order valence-electron chi connectivity index (χ0n) is 18.0. The van der Waals surface area contributed by atoms with Gasteiger partial charge in [0.1, 0.15) is 11.5 Å². The first-order chi connectivity index (χ1) is 13.0. The molecule has 0 aliphatic heterocycles. The van der Waals surface area contributed by atoms with Crippen molar-refractivity contribution in [1.29, 1.82) is 0 Å². The minimum atomic E-state index is -0.0796. The summed E-state index contributed by atoms with van der Waals surface area (Å²) in [6, 6.07) is 13.1. The second kappa shape index (κ2) is 5.14. The Morgan fingerprint density at radius 1 is 0.929 bits per heavy atom. The summed E-state index contributed by atoms with van der Waals surface area (Å²) in [7, 11) is 0. The average molecular weight is 372 g/mol. The highest BCUT2D eigenvalue weighted by molar-refractivity contribution is 5.97. The molecule has 0 bridgehead atoms. The van der Waals surface area contributed by atoms with Gasteiger partial charge in [0.25, 0.3) is 0 Å². The maximum atomic E-state index is 5.11. The lowest BCUT2D eigenvalue weighted by Gasteiger charge is -2.35. The molecule has 0 radical (unpaired) electrons. The molecule has 28 heavy (non-hydrogen) atoms. The van der Waals surface area contributed by atoms with Gasteiger partial charge < -0.3 is 0 Å². The average Bonchev–Trinajstić information content (AvgIpc) is 3.04. The van der Waals surface area contributed by atoms with Crippen molar-refractivity contribution in [2.75, 3.05) is 0 Å². The second-order valence-corrected chi connectivity index (χ2v) is 10.7. The number of hydrogen-bond donors (Lipinski definition) is 0. The summed E-state index contributed by atoms with van der Waals surface area (Å²) in [4.78, 5) is 10.2. The van der Waals surface area contributed by atoms with Gasteiger partial charge in [0.05, 0.1) is 16.6 Å². The molecule has 2 heterocycles. The summed E-state index contributed by atoms with van der Waals surface area (Å²) >= 11 is 0. The van der Waals surface area contributed by atoms with Crippen LogP contribution < -0.4 is 0 Å². The molecule has 0 unspecified atom stereocenters. The first kappa shape index (κ1) is 17.7. The molecule has 0 saturated heterocycles. The molecule has 144 valence electrons. The van der Waals surface area contributed by atoms with E-state index in [-0.39, 0.29) is 16.2 Å². The van der Waals surface area contributed by atoms with E-state index in [0.717, 1.165) is 34.3 Å². The predicted octanol–water partition coefficient (Wildman–Crippen LogP) is 6.19. The van der Waals surface area contributed by atoms with Gasteiger partial charge in [-0.25, -0.2) is 9.97 Å². The molecule has 4 aromatic rings. The van der Waals surface area contributed by atoms with Crippen LogP contribution in [0.15, 0.2) is 36.4 Å². The van der Waals surface area contributed by atoms with Gasteiger partial charge in [-0.2, -0.15) is 0 Å². The van der Waals surface area contributed by atoms with Crippen LogP contribution in [0, 0.1) is 5.41 Å². The van der Waals surface area contributed by atoms with Crippen molar-refractivity contribution >= 4 is 27.6 Å². The molecular weight excluding hydrogens is 342 g/mol. The summed E-state index contributed by atoms with van der Waals surface area (Å²) < 4.78 is 2.30. The van der Waals surface area contributed by atoms with Crippen molar-refractivity contribution in [1.82, 2.24) is 14.4 Å². The SMILES string of the molecule is CC(C)(C)c1nc2ccccc2c2nc3cc4c(cc3n12)C(C)(C)C(C)(C)C4. The van der Waals surface area contributed by atoms with Gasteiger partial charge in [0.15, 0.2) is 0 Å². The number of benzene rings is 2. The minimum Gasteiger partial charge on any atom is -0.279 e. The second-order valence-electron chi connectivity index (χ2n) is 10.7. The molecule has 0 N–H and O–H groups in total. The topological polar surface area (TPSA) is 30.2 Å². The van der Waals surface area contributed by atoms with Gasteiger partial charge in [0, 0.05) is 10.8 Å². The Morgan fingerprint density at radius 2 is 1.64 bits per heavy atom. The number of aromatic nitrogens is 3. The zero-order valence-corrected chi connectivity index (χ0v) is 18.0. The maximum absolute atomic E-state index is 5.11. The monoisotopic (exact) mass is 371 g/mol. The van der Waals surface area contributed by atoms with Gasteiger partial charge in [-0.15, -0.1) is 0 Å². The van der Waals surface area contributed by atoms with Crippen LogP contribution in [0.4, 0.5) is 0 Å². The Morgan fingerprint density at radius 3 is 2.36 bits per heavy atom. The molecule has 2 aromatic carbocycles. The fraction of sp³-hybridized carbons (Fsp3) is 0.440. The lowest BCUT2D eigenvalue weighted by atomic mass is 9.69. The third-order valence-corrected chi connectivity index (χ3v) is 7.13. The van der Waals surface area contributed by atoms with Crippen LogP contribution in [-0.2, 0) is 17.3 Å². The Labute approximate surface area is 166 Å². The van der Waals surface area contributed by atoms with Gasteiger partial charge in [-0.05, 0) is 52.6 Å². The van der Waals surface area contributed by atoms with E-state index in [4.69, 9.17) is 9.97 Å². The van der Waals surface area contributed by atoms with E-state index < -0.39 is 0 Å². The number of fused-ring (bicyclic) bond motifs is 6. The van der Waals surface area contributed by atoms with E-state index in [1.54, 1.807) is 0 Å². The molecule has 3 heteroatoms. The van der Waals surface area contributed by atoms with Crippen LogP contribution in [0.2, 0.25) is 0 Å². The lowest BCUT2D eigenvalue weighted by Crippen LogP contribution is -2.32. The van der Waals surface area contributed by atoms with Crippen LogP contribution in [-0.4, -0.2) is 14.4 Å². The van der Waals surface area contributed by atoms with E-state index >= 15 is 0 Å².